The van der Waals surface area contributed by atoms with Crippen LogP contribution >= 0.6 is 0 Å². The van der Waals surface area contributed by atoms with Crippen molar-refractivity contribution >= 4 is 23.7 Å². The van der Waals surface area contributed by atoms with Crippen molar-refractivity contribution in [3.8, 4) is 0 Å². The predicted molar refractivity (Wildman–Crippen MR) is 99.7 cm³/mol. The SMILES string of the molecule is O=CC(=O)C1CCC(N2Cc3cc(N4C5CNCC4C5)c(F)c(F)c3C2=O)CN1. The number of Topliss-reactive ketones (excluding diaryl/α,β-unsaturated/α-hetero) is 1. The van der Waals surface area contributed by atoms with Crippen molar-refractivity contribution in [3.63, 3.8) is 0 Å². The Hall–Kier alpha value is -2.39. The molecular formula is C20H22F2N4O3. The fourth-order valence-electron chi connectivity index (χ4n) is 5.21. The van der Waals surface area contributed by atoms with E-state index in [0.717, 1.165) is 19.5 Å². The molecule has 3 fully saturated rings. The highest BCUT2D eigenvalue weighted by Crippen LogP contribution is 2.40. The summed E-state index contributed by atoms with van der Waals surface area (Å²) in [5, 5.41) is 6.26. The van der Waals surface area contributed by atoms with Crippen molar-refractivity contribution in [3.05, 3.63) is 28.8 Å². The minimum Gasteiger partial charge on any atom is -0.360 e. The zero-order chi connectivity index (χ0) is 20.3. The van der Waals surface area contributed by atoms with E-state index in [2.05, 4.69) is 10.6 Å². The van der Waals surface area contributed by atoms with E-state index in [1.807, 2.05) is 4.90 Å². The van der Waals surface area contributed by atoms with Gasteiger partial charge in [-0.3, -0.25) is 14.4 Å². The molecule has 1 amide bonds. The second kappa shape index (κ2) is 6.84. The first-order valence-corrected chi connectivity index (χ1v) is 10.0. The Morgan fingerprint density at radius 2 is 1.86 bits per heavy atom. The van der Waals surface area contributed by atoms with Gasteiger partial charge in [0.25, 0.3) is 5.91 Å². The third-order valence-corrected chi connectivity index (χ3v) is 6.74. The maximum atomic E-state index is 14.9. The summed E-state index contributed by atoms with van der Waals surface area (Å²) in [6.45, 7) is 2.05. The first-order valence-electron chi connectivity index (χ1n) is 10.0. The van der Waals surface area contributed by atoms with Gasteiger partial charge in [-0.15, -0.1) is 0 Å². The van der Waals surface area contributed by atoms with E-state index in [-0.39, 0.29) is 35.9 Å². The van der Waals surface area contributed by atoms with E-state index < -0.39 is 29.4 Å². The van der Waals surface area contributed by atoms with Crippen molar-refractivity contribution in [2.45, 2.75) is 50.0 Å². The minimum atomic E-state index is -1.07. The smallest absolute Gasteiger partial charge is 0.257 e. The number of aldehydes is 1. The van der Waals surface area contributed by atoms with E-state index in [9.17, 15) is 23.2 Å². The number of benzene rings is 1. The lowest BCUT2D eigenvalue weighted by Crippen LogP contribution is -2.68. The molecule has 0 spiro atoms. The number of carbonyl (C=O) groups excluding carboxylic acids is 3. The van der Waals surface area contributed by atoms with Crippen LogP contribution in [0.15, 0.2) is 6.07 Å². The lowest BCUT2D eigenvalue weighted by molar-refractivity contribution is -0.131. The van der Waals surface area contributed by atoms with Crippen LogP contribution in [0.25, 0.3) is 0 Å². The maximum Gasteiger partial charge on any atom is 0.257 e. The number of rotatable bonds is 4. The summed E-state index contributed by atoms with van der Waals surface area (Å²) in [6.07, 6.45) is 2.21. The van der Waals surface area contributed by atoms with Gasteiger partial charge in [0.05, 0.1) is 17.3 Å². The molecular weight excluding hydrogens is 382 g/mol. The van der Waals surface area contributed by atoms with Crippen molar-refractivity contribution in [2.75, 3.05) is 24.5 Å². The van der Waals surface area contributed by atoms with Gasteiger partial charge in [0.2, 0.25) is 5.78 Å². The van der Waals surface area contributed by atoms with Crippen LogP contribution in [0.1, 0.15) is 35.2 Å². The van der Waals surface area contributed by atoms with Gasteiger partial charge in [-0.1, -0.05) is 0 Å². The molecule has 9 heteroatoms. The van der Waals surface area contributed by atoms with Gasteiger partial charge >= 0.3 is 0 Å². The molecule has 4 aliphatic rings. The molecule has 5 rings (SSSR count). The highest BCUT2D eigenvalue weighted by Gasteiger charge is 2.45. The lowest BCUT2D eigenvalue weighted by Gasteiger charge is -2.54. The topological polar surface area (TPSA) is 81.8 Å². The standard InChI is InChI=1S/C20H22F2N4O3/c21-18-15(26-12-4-13(26)6-23-5-12)3-10-8-25(20(29)17(10)19(18)22)11-1-2-14(24-7-11)16(28)9-27/h3,9,11-14,23-24H,1-2,4-8H2. The summed E-state index contributed by atoms with van der Waals surface area (Å²) < 4.78 is 29.8. The summed E-state index contributed by atoms with van der Waals surface area (Å²) in [6, 6.07) is 1.17. The number of hydrogen-bond acceptors (Lipinski definition) is 6. The fraction of sp³-hybridized carbons (Fsp3) is 0.550. The number of halogens is 2. The zero-order valence-corrected chi connectivity index (χ0v) is 15.8. The molecule has 4 unspecified atom stereocenters. The third kappa shape index (κ3) is 2.78. The van der Waals surface area contributed by atoms with Crippen LogP contribution in [0, 0.1) is 11.6 Å². The fourth-order valence-corrected chi connectivity index (χ4v) is 5.21. The van der Waals surface area contributed by atoms with Crippen LogP contribution in [-0.2, 0) is 16.1 Å². The van der Waals surface area contributed by atoms with Crippen LogP contribution in [0.4, 0.5) is 14.5 Å². The minimum absolute atomic E-state index is 0.156. The molecule has 0 aromatic heterocycles. The van der Waals surface area contributed by atoms with Crippen LogP contribution in [0.2, 0.25) is 0 Å². The van der Waals surface area contributed by atoms with Crippen LogP contribution < -0.4 is 15.5 Å². The van der Waals surface area contributed by atoms with E-state index in [4.69, 9.17) is 0 Å². The van der Waals surface area contributed by atoms with Crippen LogP contribution in [0.3, 0.4) is 0 Å². The average molecular weight is 404 g/mol. The zero-order valence-electron chi connectivity index (χ0n) is 15.8. The third-order valence-electron chi connectivity index (χ3n) is 6.74. The van der Waals surface area contributed by atoms with Gasteiger partial charge in [-0.05, 0) is 30.9 Å². The van der Waals surface area contributed by atoms with E-state index in [1.54, 1.807) is 11.0 Å². The van der Waals surface area contributed by atoms with E-state index in [0.29, 0.717) is 31.2 Å². The quantitative estimate of drug-likeness (QED) is 0.557. The Bertz CT molecular complexity index is 886. The molecule has 0 radical (unpaired) electrons. The lowest BCUT2D eigenvalue weighted by atomic mass is 9.87. The molecule has 2 bridgehead atoms. The number of amides is 1. The van der Waals surface area contributed by atoms with E-state index in [1.165, 1.54) is 0 Å². The average Bonchev–Trinajstić information content (AvgIpc) is 3.08. The Balaban J connectivity index is 1.38. The first kappa shape index (κ1) is 18.6. The highest BCUT2D eigenvalue weighted by molar-refractivity contribution is 6.27. The summed E-state index contributed by atoms with van der Waals surface area (Å²) in [5.41, 5.74) is 0.575. The number of piperidine rings is 2. The summed E-state index contributed by atoms with van der Waals surface area (Å²) in [5.74, 6) is -3.04. The second-order valence-electron chi connectivity index (χ2n) is 8.31. The van der Waals surface area contributed by atoms with Gasteiger partial charge < -0.3 is 20.4 Å². The van der Waals surface area contributed by atoms with Crippen LogP contribution in [-0.4, -0.2) is 66.7 Å². The number of fused-ring (bicyclic) bond motifs is 3. The molecule has 154 valence electrons. The summed E-state index contributed by atoms with van der Waals surface area (Å²) >= 11 is 0. The molecule has 7 nitrogen and oxygen atoms in total. The number of piperazine rings is 1. The molecule has 4 aliphatic heterocycles. The normalized spacial score (nSPS) is 30.8. The van der Waals surface area contributed by atoms with E-state index >= 15 is 0 Å². The molecule has 29 heavy (non-hydrogen) atoms. The molecule has 1 aromatic carbocycles. The molecule has 2 N–H and O–H groups in total. The molecule has 1 aromatic rings. The molecule has 3 saturated heterocycles. The van der Waals surface area contributed by atoms with Crippen LogP contribution in [0.5, 0.6) is 0 Å². The van der Waals surface area contributed by atoms with Crippen molar-refractivity contribution in [1.29, 1.82) is 0 Å². The van der Waals surface area contributed by atoms with Crippen molar-refractivity contribution in [2.24, 2.45) is 0 Å². The van der Waals surface area contributed by atoms with Gasteiger partial charge in [-0.25, -0.2) is 8.78 Å². The molecule has 4 atom stereocenters. The Kier molecular flexibility index (Phi) is 4.40. The molecule has 0 aliphatic carbocycles. The predicted octanol–water partition coefficient (Wildman–Crippen LogP) is 0.360. The number of ketones is 1. The van der Waals surface area contributed by atoms with Gasteiger partial charge in [-0.2, -0.15) is 0 Å². The Labute approximate surface area is 166 Å². The summed E-state index contributed by atoms with van der Waals surface area (Å²) in [7, 11) is 0. The molecule has 4 heterocycles. The van der Waals surface area contributed by atoms with Gasteiger partial charge in [0.1, 0.15) is 0 Å². The van der Waals surface area contributed by atoms with Gasteiger partial charge in [0, 0.05) is 44.3 Å². The highest BCUT2D eigenvalue weighted by atomic mass is 19.2. The number of anilines is 1. The largest absolute Gasteiger partial charge is 0.360 e. The Morgan fingerprint density at radius 3 is 2.48 bits per heavy atom. The second-order valence-corrected chi connectivity index (χ2v) is 8.31. The molecule has 0 saturated carbocycles. The van der Waals surface area contributed by atoms with Crippen molar-refractivity contribution < 1.29 is 23.2 Å². The van der Waals surface area contributed by atoms with Gasteiger partial charge in [0.15, 0.2) is 17.9 Å². The Morgan fingerprint density at radius 1 is 1.10 bits per heavy atom. The maximum absolute atomic E-state index is 14.9. The number of nitrogens with one attached hydrogen (secondary N) is 2. The number of nitrogens with zero attached hydrogens (tertiary/aromatic N) is 2. The first-order chi connectivity index (χ1) is 14.0. The number of hydrogen-bond donors (Lipinski definition) is 2. The monoisotopic (exact) mass is 404 g/mol. The summed E-state index contributed by atoms with van der Waals surface area (Å²) in [4.78, 5) is 38.5. The van der Waals surface area contributed by atoms with Crippen molar-refractivity contribution in [1.82, 2.24) is 15.5 Å². The number of carbonyl (C=O) groups is 3.